The van der Waals surface area contributed by atoms with Gasteiger partial charge in [0.25, 0.3) is 0 Å². The summed E-state index contributed by atoms with van der Waals surface area (Å²) in [6.45, 7) is 7.17. The summed E-state index contributed by atoms with van der Waals surface area (Å²) in [4.78, 5) is 0. The summed E-state index contributed by atoms with van der Waals surface area (Å²) in [6, 6.07) is 9.31. The smallest absolute Gasteiger partial charge is 0.0346 e. The van der Waals surface area contributed by atoms with Crippen molar-refractivity contribution in [3.63, 3.8) is 0 Å². The van der Waals surface area contributed by atoms with Crippen LogP contribution in [0.4, 0.5) is 0 Å². The molecule has 0 aliphatic heterocycles. The first kappa shape index (κ1) is 16.0. The maximum absolute atomic E-state index is 3.55. The van der Waals surface area contributed by atoms with Crippen LogP contribution in [0.1, 0.15) is 58.1 Å². The molecule has 20 heavy (non-hydrogen) atoms. The Labute approximate surface area is 132 Å². The molecule has 1 atom stereocenters. The van der Waals surface area contributed by atoms with Crippen molar-refractivity contribution < 1.29 is 0 Å². The van der Waals surface area contributed by atoms with Gasteiger partial charge in [-0.25, -0.2) is 0 Å². The van der Waals surface area contributed by atoms with E-state index in [0.29, 0.717) is 11.5 Å². The highest BCUT2D eigenvalue weighted by Gasteiger charge is 2.32. The molecule has 1 unspecified atom stereocenters. The molecule has 0 heterocycles. The van der Waals surface area contributed by atoms with Crippen molar-refractivity contribution in [2.24, 2.45) is 17.3 Å². The highest BCUT2D eigenvalue weighted by molar-refractivity contribution is 9.10. The van der Waals surface area contributed by atoms with Gasteiger partial charge in [-0.1, -0.05) is 48.8 Å². The van der Waals surface area contributed by atoms with Crippen molar-refractivity contribution in [3.8, 4) is 0 Å². The lowest BCUT2D eigenvalue weighted by Gasteiger charge is -2.39. The van der Waals surface area contributed by atoms with Crippen LogP contribution in [-0.4, -0.2) is 7.05 Å². The summed E-state index contributed by atoms with van der Waals surface area (Å²) < 4.78 is 1.16. The van der Waals surface area contributed by atoms with Gasteiger partial charge in [0.1, 0.15) is 0 Å². The molecule has 1 saturated carbocycles. The first-order valence-corrected chi connectivity index (χ1v) is 8.64. The summed E-state index contributed by atoms with van der Waals surface area (Å²) in [7, 11) is 2.10. The van der Waals surface area contributed by atoms with E-state index >= 15 is 0 Å². The third-order valence-corrected chi connectivity index (χ3v) is 5.54. The second kappa shape index (κ2) is 6.62. The van der Waals surface area contributed by atoms with Gasteiger partial charge in [0, 0.05) is 10.5 Å². The lowest BCUT2D eigenvalue weighted by molar-refractivity contribution is 0.134. The second-order valence-electron chi connectivity index (χ2n) is 7.30. The van der Waals surface area contributed by atoms with Crippen molar-refractivity contribution in [2.75, 3.05) is 7.05 Å². The number of benzene rings is 1. The maximum Gasteiger partial charge on any atom is 0.0346 e. The van der Waals surface area contributed by atoms with Crippen LogP contribution in [0.5, 0.6) is 0 Å². The van der Waals surface area contributed by atoms with Crippen LogP contribution in [0.25, 0.3) is 0 Å². The molecule has 0 spiro atoms. The second-order valence-corrected chi connectivity index (χ2v) is 8.21. The normalized spacial score (nSPS) is 25.4. The number of hydrogen-bond donors (Lipinski definition) is 1. The standard InChI is InChI=1S/C18H28BrN/c1-18(2,3)15-9-5-13(6-10-15)17(20-4)14-7-11-16(19)12-8-14/h7-8,11-13,15,17,20H,5-6,9-10H2,1-4H3. The third-order valence-electron chi connectivity index (χ3n) is 5.01. The Morgan fingerprint density at radius 3 is 2.05 bits per heavy atom. The molecule has 0 amide bonds. The fraction of sp³-hybridized carbons (Fsp3) is 0.667. The number of halogens is 1. The number of hydrogen-bond acceptors (Lipinski definition) is 1. The molecular weight excluding hydrogens is 310 g/mol. The van der Waals surface area contributed by atoms with Crippen LogP contribution in [0.15, 0.2) is 28.7 Å². The highest BCUT2D eigenvalue weighted by Crippen LogP contribution is 2.43. The zero-order chi connectivity index (χ0) is 14.8. The molecule has 1 aromatic carbocycles. The van der Waals surface area contributed by atoms with E-state index in [1.807, 2.05) is 0 Å². The summed E-state index contributed by atoms with van der Waals surface area (Å²) in [5, 5.41) is 3.55. The third kappa shape index (κ3) is 3.85. The summed E-state index contributed by atoms with van der Waals surface area (Å²) in [5.41, 5.74) is 1.90. The quantitative estimate of drug-likeness (QED) is 0.760. The van der Waals surface area contributed by atoms with Crippen molar-refractivity contribution in [3.05, 3.63) is 34.3 Å². The van der Waals surface area contributed by atoms with Crippen LogP contribution >= 0.6 is 15.9 Å². The Morgan fingerprint density at radius 2 is 1.60 bits per heavy atom. The maximum atomic E-state index is 3.55. The predicted molar refractivity (Wildman–Crippen MR) is 90.8 cm³/mol. The minimum Gasteiger partial charge on any atom is -0.313 e. The van der Waals surface area contributed by atoms with E-state index in [2.05, 4.69) is 73.3 Å². The fourth-order valence-corrected chi connectivity index (χ4v) is 3.93. The molecule has 0 bridgehead atoms. The van der Waals surface area contributed by atoms with Crippen molar-refractivity contribution in [2.45, 2.75) is 52.5 Å². The highest BCUT2D eigenvalue weighted by atomic mass is 79.9. The molecular formula is C18H28BrN. The lowest BCUT2D eigenvalue weighted by atomic mass is 9.68. The molecule has 1 aliphatic rings. The monoisotopic (exact) mass is 337 g/mol. The zero-order valence-electron chi connectivity index (χ0n) is 13.2. The van der Waals surface area contributed by atoms with Crippen molar-refractivity contribution >= 4 is 15.9 Å². The van der Waals surface area contributed by atoms with E-state index < -0.39 is 0 Å². The van der Waals surface area contributed by atoms with Gasteiger partial charge in [-0.2, -0.15) is 0 Å². The predicted octanol–water partition coefficient (Wildman–Crippen LogP) is 5.56. The molecule has 112 valence electrons. The van der Waals surface area contributed by atoms with E-state index in [0.717, 1.165) is 16.3 Å². The van der Waals surface area contributed by atoms with Gasteiger partial charge < -0.3 is 5.32 Å². The van der Waals surface area contributed by atoms with Gasteiger partial charge in [-0.05, 0) is 67.7 Å². The Balaban J connectivity index is 2.02. The number of nitrogens with one attached hydrogen (secondary N) is 1. The van der Waals surface area contributed by atoms with Crippen LogP contribution in [-0.2, 0) is 0 Å². The summed E-state index contributed by atoms with van der Waals surface area (Å²) in [6.07, 6.45) is 5.46. The van der Waals surface area contributed by atoms with Gasteiger partial charge in [-0.3, -0.25) is 0 Å². The summed E-state index contributed by atoms with van der Waals surface area (Å²) in [5.74, 6) is 1.67. The van der Waals surface area contributed by atoms with Crippen molar-refractivity contribution in [1.29, 1.82) is 0 Å². The van der Waals surface area contributed by atoms with E-state index in [1.54, 1.807) is 0 Å². The Bertz CT molecular complexity index is 410. The Hall–Kier alpha value is -0.340. The van der Waals surface area contributed by atoms with E-state index in [1.165, 1.54) is 31.2 Å². The molecule has 1 fully saturated rings. The Morgan fingerprint density at radius 1 is 1.05 bits per heavy atom. The molecule has 0 aromatic heterocycles. The minimum absolute atomic E-state index is 0.470. The molecule has 1 aromatic rings. The van der Waals surface area contributed by atoms with Crippen LogP contribution in [0, 0.1) is 17.3 Å². The Kier molecular flexibility index (Phi) is 5.30. The van der Waals surface area contributed by atoms with Crippen molar-refractivity contribution in [1.82, 2.24) is 5.32 Å². The SMILES string of the molecule is CNC(c1ccc(Br)cc1)C1CCC(C(C)(C)C)CC1. The average molecular weight is 338 g/mol. The van der Waals surface area contributed by atoms with E-state index in [4.69, 9.17) is 0 Å². The largest absolute Gasteiger partial charge is 0.313 e. The van der Waals surface area contributed by atoms with E-state index in [-0.39, 0.29) is 0 Å². The van der Waals surface area contributed by atoms with Gasteiger partial charge >= 0.3 is 0 Å². The van der Waals surface area contributed by atoms with Gasteiger partial charge in [0.2, 0.25) is 0 Å². The molecule has 0 saturated heterocycles. The average Bonchev–Trinajstić information content (AvgIpc) is 2.41. The van der Waals surface area contributed by atoms with Crippen LogP contribution < -0.4 is 5.32 Å². The first-order valence-electron chi connectivity index (χ1n) is 7.84. The molecule has 2 heteroatoms. The molecule has 0 radical (unpaired) electrons. The van der Waals surface area contributed by atoms with Crippen LogP contribution in [0.3, 0.4) is 0 Å². The number of rotatable bonds is 3. The molecule has 2 rings (SSSR count). The zero-order valence-corrected chi connectivity index (χ0v) is 14.8. The van der Waals surface area contributed by atoms with Crippen LogP contribution in [0.2, 0.25) is 0 Å². The van der Waals surface area contributed by atoms with E-state index in [9.17, 15) is 0 Å². The molecule has 1 aliphatic carbocycles. The first-order chi connectivity index (χ1) is 9.41. The topological polar surface area (TPSA) is 12.0 Å². The summed E-state index contributed by atoms with van der Waals surface area (Å²) >= 11 is 3.52. The van der Waals surface area contributed by atoms with Gasteiger partial charge in [0.05, 0.1) is 0 Å². The fourth-order valence-electron chi connectivity index (χ4n) is 3.66. The van der Waals surface area contributed by atoms with Gasteiger partial charge in [-0.15, -0.1) is 0 Å². The minimum atomic E-state index is 0.470. The lowest BCUT2D eigenvalue weighted by Crippen LogP contribution is -2.32. The molecule has 1 N–H and O–H groups in total. The molecule has 1 nitrogen and oxygen atoms in total. The van der Waals surface area contributed by atoms with Gasteiger partial charge in [0.15, 0.2) is 0 Å².